The summed E-state index contributed by atoms with van der Waals surface area (Å²) >= 11 is 11.9. The van der Waals surface area contributed by atoms with Crippen molar-refractivity contribution < 1.29 is 9.18 Å². The van der Waals surface area contributed by atoms with Crippen molar-refractivity contribution in [3.05, 3.63) is 99.8 Å². The Hall–Kier alpha value is -2.36. The summed E-state index contributed by atoms with van der Waals surface area (Å²) < 4.78 is 13.1. The van der Waals surface area contributed by atoms with E-state index in [9.17, 15) is 9.18 Å². The number of anilines is 1. The van der Waals surface area contributed by atoms with E-state index in [1.165, 1.54) is 12.1 Å². The zero-order valence-electron chi connectivity index (χ0n) is 13.8. The minimum absolute atomic E-state index is 0.0174. The quantitative estimate of drug-likeness (QED) is 0.485. The zero-order valence-corrected chi connectivity index (χ0v) is 15.3. The van der Waals surface area contributed by atoms with Crippen LogP contribution in [0, 0.1) is 5.82 Å². The van der Waals surface area contributed by atoms with E-state index in [-0.39, 0.29) is 24.1 Å². The molecule has 0 fully saturated rings. The van der Waals surface area contributed by atoms with Crippen LogP contribution in [0.1, 0.15) is 28.4 Å². The average molecular weight is 388 g/mol. The van der Waals surface area contributed by atoms with Crippen molar-refractivity contribution in [1.82, 2.24) is 0 Å². The van der Waals surface area contributed by atoms with E-state index in [2.05, 4.69) is 5.32 Å². The van der Waals surface area contributed by atoms with Gasteiger partial charge in [0.25, 0.3) is 0 Å². The number of benzene rings is 3. The fourth-order valence-corrected chi connectivity index (χ4v) is 2.89. The van der Waals surface area contributed by atoms with Gasteiger partial charge in [0.15, 0.2) is 5.78 Å². The van der Waals surface area contributed by atoms with Crippen LogP contribution in [-0.4, -0.2) is 5.78 Å². The highest BCUT2D eigenvalue weighted by Crippen LogP contribution is 2.26. The first-order chi connectivity index (χ1) is 12.5. The third-order valence-electron chi connectivity index (χ3n) is 4.01. The molecule has 0 aromatic heterocycles. The molecule has 3 aromatic rings. The van der Waals surface area contributed by atoms with Crippen molar-refractivity contribution in [2.45, 2.75) is 12.5 Å². The van der Waals surface area contributed by atoms with Gasteiger partial charge in [0.1, 0.15) is 5.82 Å². The Morgan fingerprint density at radius 2 is 1.38 bits per heavy atom. The molecule has 0 aliphatic rings. The highest BCUT2D eigenvalue weighted by atomic mass is 35.5. The number of hydrogen-bond acceptors (Lipinski definition) is 2. The number of halogens is 3. The molecule has 0 saturated carbocycles. The molecular weight excluding hydrogens is 372 g/mol. The molecule has 0 aliphatic heterocycles. The maximum atomic E-state index is 13.1. The van der Waals surface area contributed by atoms with Crippen LogP contribution in [0.15, 0.2) is 72.8 Å². The van der Waals surface area contributed by atoms with Crippen molar-refractivity contribution in [3.63, 3.8) is 0 Å². The lowest BCUT2D eigenvalue weighted by Gasteiger charge is -2.20. The predicted octanol–water partition coefficient (Wildman–Crippen LogP) is 6.56. The average Bonchev–Trinajstić information content (AvgIpc) is 2.64. The number of ketones is 1. The second-order valence-electron chi connectivity index (χ2n) is 5.89. The Morgan fingerprint density at radius 3 is 1.96 bits per heavy atom. The van der Waals surface area contributed by atoms with Gasteiger partial charge < -0.3 is 5.32 Å². The molecule has 3 rings (SSSR count). The predicted molar refractivity (Wildman–Crippen MR) is 105 cm³/mol. The Labute approximate surface area is 161 Å². The Morgan fingerprint density at radius 1 is 0.846 bits per heavy atom. The molecule has 0 heterocycles. The van der Waals surface area contributed by atoms with Crippen LogP contribution in [-0.2, 0) is 0 Å². The minimum atomic E-state index is -0.309. The number of Topliss-reactive ketones (excluding diaryl/α,β-unsaturated/α-hetero) is 1. The van der Waals surface area contributed by atoms with Gasteiger partial charge in [-0.25, -0.2) is 4.39 Å². The normalized spacial score (nSPS) is 11.8. The third kappa shape index (κ3) is 4.84. The van der Waals surface area contributed by atoms with Crippen molar-refractivity contribution in [2.75, 3.05) is 5.32 Å². The van der Waals surface area contributed by atoms with Gasteiger partial charge in [0, 0.05) is 27.7 Å². The minimum Gasteiger partial charge on any atom is -0.378 e. The number of hydrogen-bond donors (Lipinski definition) is 1. The summed E-state index contributed by atoms with van der Waals surface area (Å²) in [7, 11) is 0. The van der Waals surface area contributed by atoms with Crippen molar-refractivity contribution >= 4 is 34.7 Å². The van der Waals surface area contributed by atoms with Crippen LogP contribution >= 0.6 is 23.2 Å². The molecule has 132 valence electrons. The zero-order chi connectivity index (χ0) is 18.5. The van der Waals surface area contributed by atoms with E-state index < -0.39 is 0 Å². The van der Waals surface area contributed by atoms with Gasteiger partial charge in [-0.15, -0.1) is 0 Å². The smallest absolute Gasteiger partial charge is 0.165 e. The Bertz CT molecular complexity index is 877. The van der Waals surface area contributed by atoms with Crippen LogP contribution in [0.4, 0.5) is 10.1 Å². The lowest BCUT2D eigenvalue weighted by molar-refractivity contribution is 0.0976. The number of nitrogens with one attached hydrogen (secondary N) is 1. The molecule has 0 unspecified atom stereocenters. The monoisotopic (exact) mass is 387 g/mol. The van der Waals surface area contributed by atoms with Crippen molar-refractivity contribution in [3.8, 4) is 0 Å². The molecule has 0 radical (unpaired) electrons. The molecule has 0 bridgehead atoms. The fourth-order valence-electron chi connectivity index (χ4n) is 2.63. The second-order valence-corrected chi connectivity index (χ2v) is 6.76. The molecule has 0 spiro atoms. The van der Waals surface area contributed by atoms with Crippen LogP contribution in [0.3, 0.4) is 0 Å². The summed E-state index contributed by atoms with van der Waals surface area (Å²) in [5.74, 6) is -0.327. The maximum Gasteiger partial charge on any atom is 0.165 e. The van der Waals surface area contributed by atoms with Gasteiger partial charge in [-0.05, 0) is 66.2 Å². The molecule has 0 amide bonds. The summed E-state index contributed by atoms with van der Waals surface area (Å²) in [5.41, 5.74) is 2.24. The Balaban J connectivity index is 1.84. The van der Waals surface area contributed by atoms with E-state index in [1.807, 2.05) is 12.1 Å². The lowest BCUT2D eigenvalue weighted by Crippen LogP contribution is -2.16. The first kappa shape index (κ1) is 18.4. The van der Waals surface area contributed by atoms with E-state index in [0.29, 0.717) is 15.6 Å². The second kappa shape index (κ2) is 8.35. The first-order valence-corrected chi connectivity index (χ1v) is 8.83. The highest BCUT2D eigenvalue weighted by molar-refractivity contribution is 6.30. The number of rotatable bonds is 6. The van der Waals surface area contributed by atoms with Crippen LogP contribution in [0.25, 0.3) is 0 Å². The summed E-state index contributed by atoms with van der Waals surface area (Å²) in [4.78, 5) is 12.7. The summed E-state index contributed by atoms with van der Waals surface area (Å²) in [6.45, 7) is 0. The van der Waals surface area contributed by atoms with Gasteiger partial charge in [0.05, 0.1) is 6.04 Å². The summed E-state index contributed by atoms with van der Waals surface area (Å²) in [6, 6.07) is 19.9. The fraction of sp³-hybridized carbons (Fsp3) is 0.0952. The Kier molecular flexibility index (Phi) is 5.92. The first-order valence-electron chi connectivity index (χ1n) is 8.07. The molecule has 5 heteroatoms. The van der Waals surface area contributed by atoms with E-state index in [0.717, 1.165) is 11.3 Å². The van der Waals surface area contributed by atoms with Crippen molar-refractivity contribution in [2.24, 2.45) is 0 Å². The molecular formula is C21H16Cl2FNO. The number of carbonyl (C=O) groups excluding carboxylic acids is 1. The van der Waals surface area contributed by atoms with E-state index in [4.69, 9.17) is 23.2 Å². The maximum absolute atomic E-state index is 13.1. The van der Waals surface area contributed by atoms with Gasteiger partial charge >= 0.3 is 0 Å². The van der Waals surface area contributed by atoms with Crippen molar-refractivity contribution in [1.29, 1.82) is 0 Å². The molecule has 0 saturated heterocycles. The third-order valence-corrected chi connectivity index (χ3v) is 4.52. The van der Waals surface area contributed by atoms with Crippen LogP contribution in [0.5, 0.6) is 0 Å². The van der Waals surface area contributed by atoms with E-state index >= 15 is 0 Å². The molecule has 1 N–H and O–H groups in total. The summed E-state index contributed by atoms with van der Waals surface area (Å²) in [6.07, 6.45) is 0.237. The van der Waals surface area contributed by atoms with E-state index in [1.54, 1.807) is 48.5 Å². The highest BCUT2D eigenvalue weighted by Gasteiger charge is 2.17. The van der Waals surface area contributed by atoms with Crippen LogP contribution < -0.4 is 5.32 Å². The van der Waals surface area contributed by atoms with Crippen LogP contribution in [0.2, 0.25) is 10.0 Å². The molecule has 26 heavy (non-hydrogen) atoms. The van der Waals surface area contributed by atoms with Gasteiger partial charge in [-0.2, -0.15) is 0 Å². The lowest BCUT2D eigenvalue weighted by atomic mass is 9.97. The molecule has 0 aliphatic carbocycles. The number of carbonyl (C=O) groups is 1. The van der Waals surface area contributed by atoms with Gasteiger partial charge in [0.2, 0.25) is 0 Å². The molecule has 3 aromatic carbocycles. The summed E-state index contributed by atoms with van der Waals surface area (Å²) in [5, 5.41) is 4.50. The standard InChI is InChI=1S/C21H16Cl2FNO/c22-16-5-1-14(2-6-16)20(25-19-11-9-18(24)10-12-19)13-21(26)15-3-7-17(23)8-4-15/h1-12,20,25H,13H2/t20-/m1/s1. The van der Waals surface area contributed by atoms with Gasteiger partial charge in [-0.3, -0.25) is 4.79 Å². The largest absolute Gasteiger partial charge is 0.378 e. The van der Waals surface area contributed by atoms with Gasteiger partial charge in [-0.1, -0.05) is 35.3 Å². The molecule has 2 nitrogen and oxygen atoms in total. The molecule has 1 atom stereocenters. The SMILES string of the molecule is O=C(C[C@@H](Nc1ccc(F)cc1)c1ccc(Cl)cc1)c1ccc(Cl)cc1. The topological polar surface area (TPSA) is 29.1 Å².